The third-order valence-electron chi connectivity index (χ3n) is 3.76. The van der Waals surface area contributed by atoms with E-state index in [2.05, 4.69) is 54.5 Å². The average molecular weight is 289 g/mol. The van der Waals surface area contributed by atoms with E-state index in [-0.39, 0.29) is 5.91 Å². The van der Waals surface area contributed by atoms with E-state index in [0.29, 0.717) is 12.3 Å². The van der Waals surface area contributed by atoms with Gasteiger partial charge in [-0.15, -0.1) is 0 Å². The molecule has 1 aromatic rings. The number of carbonyl (C=O) groups excluding carboxylic acids is 1. The van der Waals surface area contributed by atoms with Crippen molar-refractivity contribution in [3.63, 3.8) is 0 Å². The quantitative estimate of drug-likeness (QED) is 0.872. The minimum atomic E-state index is 0.157. The summed E-state index contributed by atoms with van der Waals surface area (Å²) in [6, 6.07) is 6.60. The molecule has 0 spiro atoms. The molecule has 4 nitrogen and oxygen atoms in total. The number of nitrogens with zero attached hydrogens (tertiary/aromatic N) is 1. The SMILES string of the molecule is Cc1ccc(N2CCNC(=O)CC2)c(CNCC(C)C)c1. The van der Waals surface area contributed by atoms with Crippen molar-refractivity contribution in [2.45, 2.75) is 33.7 Å². The Labute approximate surface area is 127 Å². The molecule has 4 heteroatoms. The molecule has 1 amide bonds. The van der Waals surface area contributed by atoms with Crippen molar-refractivity contribution in [1.82, 2.24) is 10.6 Å². The van der Waals surface area contributed by atoms with E-state index in [0.717, 1.165) is 32.7 Å². The second-order valence-corrected chi connectivity index (χ2v) is 6.24. The predicted molar refractivity (Wildman–Crippen MR) is 87.6 cm³/mol. The number of aryl methyl sites for hydroxylation is 1. The molecule has 0 bridgehead atoms. The fourth-order valence-corrected chi connectivity index (χ4v) is 2.67. The van der Waals surface area contributed by atoms with Crippen LogP contribution in [0, 0.1) is 12.8 Å². The molecule has 2 rings (SSSR count). The zero-order chi connectivity index (χ0) is 15.2. The standard InChI is InChI=1S/C17H27N3O/c1-13(2)11-18-12-15-10-14(3)4-5-16(15)20-8-6-17(21)19-7-9-20/h4-5,10,13,18H,6-9,11-12H2,1-3H3,(H,19,21). The molecule has 1 heterocycles. The molecule has 1 fully saturated rings. The summed E-state index contributed by atoms with van der Waals surface area (Å²) in [6.07, 6.45) is 0.576. The molecule has 1 saturated heterocycles. The molecule has 1 aromatic carbocycles. The van der Waals surface area contributed by atoms with Gasteiger partial charge in [0.25, 0.3) is 0 Å². The Balaban J connectivity index is 2.11. The topological polar surface area (TPSA) is 44.4 Å². The lowest BCUT2D eigenvalue weighted by Gasteiger charge is -2.25. The molecule has 0 aromatic heterocycles. The van der Waals surface area contributed by atoms with E-state index in [4.69, 9.17) is 0 Å². The maximum absolute atomic E-state index is 11.5. The van der Waals surface area contributed by atoms with Gasteiger partial charge >= 0.3 is 0 Å². The van der Waals surface area contributed by atoms with Crippen LogP contribution in [0.3, 0.4) is 0 Å². The molecule has 1 aliphatic rings. The van der Waals surface area contributed by atoms with E-state index < -0.39 is 0 Å². The van der Waals surface area contributed by atoms with E-state index in [1.807, 2.05) is 0 Å². The highest BCUT2D eigenvalue weighted by molar-refractivity contribution is 5.77. The van der Waals surface area contributed by atoms with Gasteiger partial charge in [-0.2, -0.15) is 0 Å². The predicted octanol–water partition coefficient (Wildman–Crippen LogP) is 2.07. The van der Waals surface area contributed by atoms with Crippen molar-refractivity contribution < 1.29 is 4.79 Å². The Morgan fingerprint density at radius 2 is 2.14 bits per heavy atom. The van der Waals surface area contributed by atoms with Crippen LogP contribution in [-0.4, -0.2) is 32.1 Å². The molecule has 0 saturated carbocycles. The van der Waals surface area contributed by atoms with Gasteiger partial charge in [-0.25, -0.2) is 0 Å². The zero-order valence-corrected chi connectivity index (χ0v) is 13.4. The van der Waals surface area contributed by atoms with Crippen molar-refractivity contribution in [2.75, 3.05) is 31.1 Å². The maximum Gasteiger partial charge on any atom is 0.221 e. The number of nitrogens with one attached hydrogen (secondary N) is 2. The summed E-state index contributed by atoms with van der Waals surface area (Å²) >= 11 is 0. The van der Waals surface area contributed by atoms with Gasteiger partial charge in [0.15, 0.2) is 0 Å². The Morgan fingerprint density at radius 1 is 1.33 bits per heavy atom. The first-order valence-corrected chi connectivity index (χ1v) is 7.88. The Bertz CT molecular complexity index is 485. The summed E-state index contributed by atoms with van der Waals surface area (Å²) in [4.78, 5) is 13.8. The van der Waals surface area contributed by atoms with Crippen LogP contribution in [0.15, 0.2) is 18.2 Å². The van der Waals surface area contributed by atoms with Crippen molar-refractivity contribution in [3.05, 3.63) is 29.3 Å². The number of carbonyl (C=O) groups is 1. The number of hydrogen-bond donors (Lipinski definition) is 2. The first-order chi connectivity index (χ1) is 10.1. The van der Waals surface area contributed by atoms with Crippen LogP contribution in [0.25, 0.3) is 0 Å². The minimum absolute atomic E-state index is 0.157. The lowest BCUT2D eigenvalue weighted by Crippen LogP contribution is -2.30. The van der Waals surface area contributed by atoms with E-state index in [9.17, 15) is 4.79 Å². The Kier molecular flexibility index (Phi) is 5.62. The molecule has 0 radical (unpaired) electrons. The van der Waals surface area contributed by atoms with Gasteiger partial charge < -0.3 is 15.5 Å². The van der Waals surface area contributed by atoms with E-state index in [1.54, 1.807) is 0 Å². The molecule has 1 aliphatic heterocycles. The lowest BCUT2D eigenvalue weighted by atomic mass is 10.1. The van der Waals surface area contributed by atoms with Gasteiger partial charge in [0.2, 0.25) is 5.91 Å². The highest BCUT2D eigenvalue weighted by Crippen LogP contribution is 2.23. The third kappa shape index (κ3) is 4.74. The third-order valence-corrected chi connectivity index (χ3v) is 3.76. The van der Waals surface area contributed by atoms with Crippen LogP contribution in [0.1, 0.15) is 31.4 Å². The largest absolute Gasteiger partial charge is 0.369 e. The lowest BCUT2D eigenvalue weighted by molar-refractivity contribution is -0.120. The van der Waals surface area contributed by atoms with Crippen LogP contribution < -0.4 is 15.5 Å². The van der Waals surface area contributed by atoms with Crippen LogP contribution in [0.5, 0.6) is 0 Å². The second kappa shape index (κ2) is 7.46. The fraction of sp³-hybridized carbons (Fsp3) is 0.588. The highest BCUT2D eigenvalue weighted by atomic mass is 16.1. The summed E-state index contributed by atoms with van der Waals surface area (Å²) in [5.41, 5.74) is 3.86. The van der Waals surface area contributed by atoms with Gasteiger partial charge in [-0.1, -0.05) is 31.5 Å². The summed E-state index contributed by atoms with van der Waals surface area (Å²) in [5, 5.41) is 6.46. The summed E-state index contributed by atoms with van der Waals surface area (Å²) in [6.45, 7) is 10.9. The molecular formula is C17H27N3O. The molecule has 2 N–H and O–H groups in total. The first-order valence-electron chi connectivity index (χ1n) is 7.88. The first kappa shape index (κ1) is 15.8. The van der Waals surface area contributed by atoms with Crippen LogP contribution >= 0.6 is 0 Å². The molecule has 0 aliphatic carbocycles. The second-order valence-electron chi connectivity index (χ2n) is 6.24. The zero-order valence-electron chi connectivity index (χ0n) is 13.4. The number of benzene rings is 1. The summed E-state index contributed by atoms with van der Waals surface area (Å²) < 4.78 is 0. The molecule has 0 unspecified atom stereocenters. The highest BCUT2D eigenvalue weighted by Gasteiger charge is 2.16. The van der Waals surface area contributed by atoms with Gasteiger partial charge in [0.1, 0.15) is 0 Å². The molecule has 116 valence electrons. The Morgan fingerprint density at radius 3 is 2.90 bits per heavy atom. The van der Waals surface area contributed by atoms with Crippen molar-refractivity contribution in [3.8, 4) is 0 Å². The van der Waals surface area contributed by atoms with Crippen LogP contribution in [0.4, 0.5) is 5.69 Å². The van der Waals surface area contributed by atoms with Gasteiger partial charge in [-0.3, -0.25) is 4.79 Å². The monoisotopic (exact) mass is 289 g/mol. The van der Waals surface area contributed by atoms with Gasteiger partial charge in [0, 0.05) is 38.3 Å². The number of rotatable bonds is 5. The number of hydrogen-bond acceptors (Lipinski definition) is 3. The summed E-state index contributed by atoms with van der Waals surface area (Å²) in [5.74, 6) is 0.808. The molecular weight excluding hydrogens is 262 g/mol. The molecule has 21 heavy (non-hydrogen) atoms. The van der Waals surface area contributed by atoms with Gasteiger partial charge in [0.05, 0.1) is 0 Å². The summed E-state index contributed by atoms with van der Waals surface area (Å²) in [7, 11) is 0. The number of amides is 1. The minimum Gasteiger partial charge on any atom is -0.369 e. The van der Waals surface area contributed by atoms with Crippen LogP contribution in [-0.2, 0) is 11.3 Å². The smallest absolute Gasteiger partial charge is 0.221 e. The Hall–Kier alpha value is -1.55. The number of anilines is 1. The molecule has 0 atom stereocenters. The van der Waals surface area contributed by atoms with E-state index in [1.165, 1.54) is 16.8 Å². The van der Waals surface area contributed by atoms with E-state index >= 15 is 0 Å². The fourth-order valence-electron chi connectivity index (χ4n) is 2.67. The van der Waals surface area contributed by atoms with Gasteiger partial charge in [-0.05, 0) is 31.0 Å². The van der Waals surface area contributed by atoms with Crippen molar-refractivity contribution in [2.24, 2.45) is 5.92 Å². The van der Waals surface area contributed by atoms with Crippen molar-refractivity contribution in [1.29, 1.82) is 0 Å². The average Bonchev–Trinajstić information content (AvgIpc) is 2.63. The van der Waals surface area contributed by atoms with Crippen molar-refractivity contribution >= 4 is 11.6 Å². The van der Waals surface area contributed by atoms with Crippen LogP contribution in [0.2, 0.25) is 0 Å². The normalized spacial score (nSPS) is 16.0. The maximum atomic E-state index is 11.5.